The predicted octanol–water partition coefficient (Wildman–Crippen LogP) is 3.76. The number of halogens is 1. The molecule has 1 radical (unpaired) electrons. The van der Waals surface area contributed by atoms with Crippen LogP contribution < -0.4 is 10.1 Å². The van der Waals surface area contributed by atoms with Gasteiger partial charge in [0.25, 0.3) is 0 Å². The average Bonchev–Trinajstić information content (AvgIpc) is 2.39. The lowest BCUT2D eigenvalue weighted by Gasteiger charge is -2.09. The molecule has 0 saturated heterocycles. The highest BCUT2D eigenvalue weighted by molar-refractivity contribution is 6.33. The normalized spacial score (nSPS) is 10.0. The fourth-order valence-electron chi connectivity index (χ4n) is 1.50. The van der Waals surface area contributed by atoms with E-state index in [9.17, 15) is 0 Å². The standard InChI is InChI=1S/C14H13ClNO/c1-17-12-7-8-13(15)14(9-12)16-10-11-5-3-2-4-6-11/h2-6,8-9,16H,10H2,1H3. The van der Waals surface area contributed by atoms with Crippen molar-refractivity contribution in [1.29, 1.82) is 0 Å². The van der Waals surface area contributed by atoms with E-state index in [1.807, 2.05) is 24.3 Å². The number of methoxy groups -OCH3 is 1. The number of rotatable bonds is 4. The fraction of sp³-hybridized carbons (Fsp3) is 0.143. The molecule has 87 valence electrons. The van der Waals surface area contributed by atoms with Crippen LogP contribution in [0.15, 0.2) is 42.5 Å². The predicted molar refractivity (Wildman–Crippen MR) is 70.6 cm³/mol. The zero-order valence-electron chi connectivity index (χ0n) is 9.53. The van der Waals surface area contributed by atoms with E-state index in [1.54, 1.807) is 13.2 Å². The lowest BCUT2D eigenvalue weighted by molar-refractivity contribution is 0.414. The summed E-state index contributed by atoms with van der Waals surface area (Å²) in [6, 6.07) is 16.6. The van der Waals surface area contributed by atoms with Crippen molar-refractivity contribution in [2.45, 2.75) is 6.54 Å². The summed E-state index contributed by atoms with van der Waals surface area (Å²) < 4.78 is 5.11. The van der Waals surface area contributed by atoms with Crippen molar-refractivity contribution in [2.24, 2.45) is 0 Å². The number of hydrogen-bond acceptors (Lipinski definition) is 2. The van der Waals surface area contributed by atoms with Gasteiger partial charge in [-0.2, -0.15) is 0 Å². The second kappa shape index (κ2) is 5.60. The highest BCUT2D eigenvalue weighted by atomic mass is 35.5. The van der Waals surface area contributed by atoms with Crippen LogP contribution in [0.5, 0.6) is 5.75 Å². The third-order valence-electron chi connectivity index (χ3n) is 2.42. The van der Waals surface area contributed by atoms with Crippen LogP contribution in [0.4, 0.5) is 5.69 Å². The second-order valence-electron chi connectivity index (χ2n) is 3.60. The Morgan fingerprint density at radius 2 is 2.06 bits per heavy atom. The van der Waals surface area contributed by atoms with E-state index < -0.39 is 0 Å². The largest absolute Gasteiger partial charge is 0.496 e. The monoisotopic (exact) mass is 246 g/mol. The van der Waals surface area contributed by atoms with Crippen molar-refractivity contribution < 1.29 is 4.74 Å². The number of ether oxygens (including phenoxy) is 1. The molecule has 0 aliphatic heterocycles. The van der Waals surface area contributed by atoms with Gasteiger partial charge in [0.15, 0.2) is 0 Å². The Bertz CT molecular complexity index is 485. The van der Waals surface area contributed by atoms with Crippen molar-refractivity contribution in [3.05, 3.63) is 59.1 Å². The van der Waals surface area contributed by atoms with Crippen molar-refractivity contribution in [3.8, 4) is 5.75 Å². The molecule has 2 aromatic carbocycles. The maximum atomic E-state index is 6.07. The van der Waals surface area contributed by atoms with Gasteiger partial charge in [-0.3, -0.25) is 0 Å². The average molecular weight is 247 g/mol. The Labute approximate surface area is 106 Å². The van der Waals surface area contributed by atoms with Crippen molar-refractivity contribution >= 4 is 17.3 Å². The van der Waals surface area contributed by atoms with Gasteiger partial charge in [0.1, 0.15) is 5.75 Å². The molecular weight excluding hydrogens is 234 g/mol. The molecule has 0 bridgehead atoms. The minimum Gasteiger partial charge on any atom is -0.496 e. The van der Waals surface area contributed by atoms with Gasteiger partial charge in [-0.15, -0.1) is 0 Å². The third-order valence-corrected chi connectivity index (χ3v) is 2.73. The number of hydrogen-bond donors (Lipinski definition) is 1. The Kier molecular flexibility index (Phi) is 3.89. The molecule has 0 aromatic heterocycles. The minimum atomic E-state index is 0.640. The lowest BCUT2D eigenvalue weighted by atomic mass is 10.2. The Balaban J connectivity index is 2.08. The van der Waals surface area contributed by atoms with Crippen molar-refractivity contribution in [3.63, 3.8) is 0 Å². The van der Waals surface area contributed by atoms with Crippen LogP contribution in [0.2, 0.25) is 5.02 Å². The molecule has 3 heteroatoms. The summed E-state index contributed by atoms with van der Waals surface area (Å²) >= 11 is 6.07. The van der Waals surface area contributed by atoms with Gasteiger partial charge in [0, 0.05) is 18.7 Å². The molecule has 0 aliphatic rings. The Hall–Kier alpha value is -1.67. The maximum Gasteiger partial charge on any atom is 0.128 e. The third kappa shape index (κ3) is 3.14. The minimum absolute atomic E-state index is 0.640. The zero-order chi connectivity index (χ0) is 12.1. The van der Waals surface area contributed by atoms with Crippen LogP contribution in [0.3, 0.4) is 0 Å². The fourth-order valence-corrected chi connectivity index (χ4v) is 1.68. The van der Waals surface area contributed by atoms with E-state index in [-0.39, 0.29) is 0 Å². The molecule has 0 unspecified atom stereocenters. The number of benzene rings is 2. The molecule has 0 fully saturated rings. The molecule has 0 spiro atoms. The molecule has 1 N–H and O–H groups in total. The summed E-state index contributed by atoms with van der Waals surface area (Å²) in [4.78, 5) is 0. The summed E-state index contributed by atoms with van der Waals surface area (Å²) in [7, 11) is 1.61. The molecule has 2 rings (SSSR count). The topological polar surface area (TPSA) is 21.3 Å². The molecule has 0 atom stereocenters. The van der Waals surface area contributed by atoms with E-state index in [1.165, 1.54) is 5.56 Å². The highest BCUT2D eigenvalue weighted by Crippen LogP contribution is 2.26. The van der Waals surface area contributed by atoms with Gasteiger partial charge >= 0.3 is 0 Å². The molecule has 17 heavy (non-hydrogen) atoms. The van der Waals surface area contributed by atoms with Gasteiger partial charge < -0.3 is 10.1 Å². The Morgan fingerprint density at radius 3 is 2.76 bits per heavy atom. The van der Waals surface area contributed by atoms with Crippen LogP contribution in [0.25, 0.3) is 0 Å². The van der Waals surface area contributed by atoms with Crippen molar-refractivity contribution in [1.82, 2.24) is 0 Å². The first-order valence-corrected chi connectivity index (χ1v) is 5.70. The second-order valence-corrected chi connectivity index (χ2v) is 4.01. The molecule has 0 amide bonds. The van der Waals surface area contributed by atoms with Crippen LogP contribution in [-0.2, 0) is 6.54 Å². The number of anilines is 1. The van der Waals surface area contributed by atoms with E-state index in [0.29, 0.717) is 10.8 Å². The smallest absolute Gasteiger partial charge is 0.128 e. The van der Waals surface area contributed by atoms with Crippen LogP contribution in [0, 0.1) is 6.07 Å². The summed E-state index contributed by atoms with van der Waals surface area (Å²) in [5, 5.41) is 3.91. The first-order valence-electron chi connectivity index (χ1n) is 5.32. The van der Waals surface area contributed by atoms with E-state index in [4.69, 9.17) is 16.3 Å². The van der Waals surface area contributed by atoms with Crippen LogP contribution >= 0.6 is 11.6 Å². The first kappa shape index (κ1) is 11.8. The molecule has 0 aliphatic carbocycles. The summed E-state index contributed by atoms with van der Waals surface area (Å²) in [5.41, 5.74) is 2.06. The quantitative estimate of drug-likeness (QED) is 0.887. The summed E-state index contributed by atoms with van der Waals surface area (Å²) in [5.74, 6) is 0.671. The lowest BCUT2D eigenvalue weighted by Crippen LogP contribution is -2.00. The van der Waals surface area contributed by atoms with Crippen LogP contribution in [0.1, 0.15) is 5.56 Å². The van der Waals surface area contributed by atoms with E-state index >= 15 is 0 Å². The zero-order valence-corrected chi connectivity index (χ0v) is 10.3. The first-order chi connectivity index (χ1) is 8.29. The van der Waals surface area contributed by atoms with E-state index in [2.05, 4.69) is 23.5 Å². The van der Waals surface area contributed by atoms with Gasteiger partial charge in [0.05, 0.1) is 17.8 Å². The SMILES string of the molecule is COc1[c]cc(Cl)c(NCc2ccccc2)c1. The van der Waals surface area contributed by atoms with Gasteiger partial charge in [-0.1, -0.05) is 41.9 Å². The van der Waals surface area contributed by atoms with E-state index in [0.717, 1.165) is 12.2 Å². The highest BCUT2D eigenvalue weighted by Gasteiger charge is 2.02. The summed E-state index contributed by atoms with van der Waals surface area (Å²) in [6.07, 6.45) is 0. The Morgan fingerprint density at radius 1 is 1.29 bits per heavy atom. The van der Waals surface area contributed by atoms with Crippen LogP contribution in [-0.4, -0.2) is 7.11 Å². The molecule has 0 heterocycles. The van der Waals surface area contributed by atoms with Crippen molar-refractivity contribution in [2.75, 3.05) is 12.4 Å². The molecule has 2 nitrogen and oxygen atoms in total. The summed E-state index contributed by atoms with van der Waals surface area (Å²) in [6.45, 7) is 0.730. The van der Waals surface area contributed by atoms with Gasteiger partial charge in [0.2, 0.25) is 0 Å². The van der Waals surface area contributed by atoms with Gasteiger partial charge in [-0.05, 0) is 11.6 Å². The maximum absolute atomic E-state index is 6.07. The number of nitrogens with one attached hydrogen (secondary N) is 1. The molecule has 2 aromatic rings. The molecular formula is C14H13ClNO. The van der Waals surface area contributed by atoms with Gasteiger partial charge in [-0.25, -0.2) is 0 Å². The molecule has 0 saturated carbocycles.